The molecular formula is C29H36N4O4. The highest BCUT2D eigenvalue weighted by Gasteiger charge is 2.43. The number of rotatable bonds is 6. The zero-order chi connectivity index (χ0) is 26.3. The fourth-order valence-corrected chi connectivity index (χ4v) is 5.95. The van der Waals surface area contributed by atoms with Crippen molar-refractivity contribution in [2.45, 2.75) is 89.1 Å². The quantitative estimate of drug-likeness (QED) is 0.553. The second kappa shape index (κ2) is 9.82. The third-order valence-corrected chi connectivity index (χ3v) is 8.33. The van der Waals surface area contributed by atoms with Crippen molar-refractivity contribution in [1.82, 2.24) is 10.2 Å². The largest absolute Gasteiger partial charge is 0.490 e. The number of benzene rings is 2. The molecule has 0 fully saturated rings. The Labute approximate surface area is 217 Å². The third-order valence-electron chi connectivity index (χ3n) is 8.33. The summed E-state index contributed by atoms with van der Waals surface area (Å²) in [6.45, 7) is 6.11. The van der Waals surface area contributed by atoms with Crippen LogP contribution >= 0.6 is 0 Å². The van der Waals surface area contributed by atoms with Crippen molar-refractivity contribution in [3.8, 4) is 5.75 Å². The summed E-state index contributed by atoms with van der Waals surface area (Å²) in [6, 6.07) is 12.2. The molecule has 4 atom stereocenters. The monoisotopic (exact) mass is 504 g/mol. The van der Waals surface area contributed by atoms with E-state index >= 15 is 0 Å². The van der Waals surface area contributed by atoms with Crippen LogP contribution in [0.4, 0.5) is 0 Å². The van der Waals surface area contributed by atoms with E-state index in [0.29, 0.717) is 30.6 Å². The first-order chi connectivity index (χ1) is 17.8. The molecule has 4 N–H and O–H groups in total. The zero-order valence-corrected chi connectivity index (χ0v) is 21.7. The van der Waals surface area contributed by atoms with E-state index < -0.39 is 17.7 Å². The number of aliphatic hydroxyl groups is 1. The van der Waals surface area contributed by atoms with E-state index in [4.69, 9.17) is 15.5 Å². The molecule has 2 heterocycles. The van der Waals surface area contributed by atoms with Gasteiger partial charge in [0.15, 0.2) is 5.96 Å². The number of nitrogens with two attached hydrogens (primary N) is 1. The van der Waals surface area contributed by atoms with E-state index in [2.05, 4.69) is 5.32 Å². The summed E-state index contributed by atoms with van der Waals surface area (Å²) >= 11 is 0. The Kier molecular flexibility index (Phi) is 6.70. The van der Waals surface area contributed by atoms with Gasteiger partial charge >= 0.3 is 0 Å². The number of nitrogens with one attached hydrogen (secondary N) is 1. The predicted molar refractivity (Wildman–Crippen MR) is 141 cm³/mol. The van der Waals surface area contributed by atoms with E-state index in [1.54, 1.807) is 23.1 Å². The first kappa shape index (κ1) is 25.3. The number of aliphatic hydroxyl groups excluding tert-OH is 1. The lowest BCUT2D eigenvalue weighted by Gasteiger charge is -2.43. The summed E-state index contributed by atoms with van der Waals surface area (Å²) in [5, 5.41) is 13.6. The van der Waals surface area contributed by atoms with Crippen LogP contribution in [0.5, 0.6) is 5.75 Å². The molecule has 2 aromatic carbocycles. The standard InChI is InChI=1S/C29H36N4O4/c1-4-19-15-22(33-25(35)16-29(5-2,6-3)32-28(33)30)21-13-18(11-12-24(21)37-19)27(36)31-26-20-10-8-7-9-17(20)14-23(26)34/h7-13,19,22-23,26,34H,4-6,14-16H2,1-3H3,(H2,30,32)(H,31,36)/t19?,22-,23-,26-/m1/s1. The highest BCUT2D eigenvalue weighted by Crippen LogP contribution is 2.42. The third kappa shape index (κ3) is 4.48. The summed E-state index contributed by atoms with van der Waals surface area (Å²) in [7, 11) is 0. The summed E-state index contributed by atoms with van der Waals surface area (Å²) in [5.41, 5.74) is 9.15. The number of guanidine groups is 1. The molecule has 0 spiro atoms. The van der Waals surface area contributed by atoms with Crippen molar-refractivity contribution in [3.63, 3.8) is 0 Å². The van der Waals surface area contributed by atoms with Crippen LogP contribution < -0.4 is 15.8 Å². The lowest BCUT2D eigenvalue weighted by atomic mass is 9.86. The van der Waals surface area contributed by atoms with Crippen molar-refractivity contribution in [1.29, 1.82) is 0 Å². The van der Waals surface area contributed by atoms with Crippen LogP contribution in [0.3, 0.4) is 0 Å². The number of hydrogen-bond donors (Lipinski definition) is 3. The second-order valence-corrected chi connectivity index (χ2v) is 10.4. The first-order valence-electron chi connectivity index (χ1n) is 13.3. The number of hydrogen-bond acceptors (Lipinski definition) is 6. The molecule has 2 aliphatic heterocycles. The number of fused-ring (bicyclic) bond motifs is 2. The van der Waals surface area contributed by atoms with Crippen LogP contribution in [-0.4, -0.2) is 45.5 Å². The molecule has 37 heavy (non-hydrogen) atoms. The van der Waals surface area contributed by atoms with Crippen molar-refractivity contribution >= 4 is 17.8 Å². The van der Waals surface area contributed by atoms with Gasteiger partial charge in [0.2, 0.25) is 5.91 Å². The number of aliphatic imine (C=N–C) groups is 1. The Bertz CT molecular complexity index is 1240. The van der Waals surface area contributed by atoms with Crippen LogP contribution in [0, 0.1) is 0 Å². The molecule has 2 amide bonds. The van der Waals surface area contributed by atoms with Gasteiger partial charge in [-0.15, -0.1) is 0 Å². The molecule has 0 saturated carbocycles. The Balaban J connectivity index is 1.47. The van der Waals surface area contributed by atoms with Crippen LogP contribution in [0.1, 0.15) is 92.0 Å². The van der Waals surface area contributed by atoms with Gasteiger partial charge in [-0.1, -0.05) is 45.0 Å². The average molecular weight is 505 g/mol. The van der Waals surface area contributed by atoms with Gasteiger partial charge in [-0.3, -0.25) is 14.5 Å². The molecule has 0 aromatic heterocycles. The fourth-order valence-electron chi connectivity index (χ4n) is 5.95. The SMILES string of the molecule is CCC1C[C@@H](N2C(=O)CC(CC)(CC)N=C2N)c2cc(C(=O)N[C@@H]3c4ccccc4C[C@H]3O)ccc2O1. The average Bonchev–Trinajstić information content (AvgIpc) is 3.22. The van der Waals surface area contributed by atoms with Crippen molar-refractivity contribution < 1.29 is 19.4 Å². The Morgan fingerprint density at radius 2 is 1.95 bits per heavy atom. The summed E-state index contributed by atoms with van der Waals surface area (Å²) in [4.78, 5) is 33.2. The summed E-state index contributed by atoms with van der Waals surface area (Å²) < 4.78 is 6.20. The molecule has 8 heteroatoms. The highest BCUT2D eigenvalue weighted by molar-refractivity contribution is 6.00. The van der Waals surface area contributed by atoms with Crippen molar-refractivity contribution in [3.05, 3.63) is 64.7 Å². The molecule has 1 unspecified atom stereocenters. The maximum absolute atomic E-state index is 13.5. The van der Waals surface area contributed by atoms with Gasteiger partial charge in [-0.25, -0.2) is 4.99 Å². The van der Waals surface area contributed by atoms with E-state index in [1.165, 1.54) is 0 Å². The molecule has 8 nitrogen and oxygen atoms in total. The number of ether oxygens (including phenoxy) is 1. The van der Waals surface area contributed by atoms with Crippen LogP contribution in [-0.2, 0) is 11.2 Å². The lowest BCUT2D eigenvalue weighted by molar-refractivity contribution is -0.132. The van der Waals surface area contributed by atoms with Crippen LogP contribution in [0.15, 0.2) is 47.5 Å². The van der Waals surface area contributed by atoms with Gasteiger partial charge in [0, 0.05) is 24.0 Å². The van der Waals surface area contributed by atoms with Crippen molar-refractivity contribution in [2.75, 3.05) is 0 Å². The van der Waals surface area contributed by atoms with Gasteiger partial charge in [-0.2, -0.15) is 0 Å². The summed E-state index contributed by atoms with van der Waals surface area (Å²) in [5.74, 6) is 0.537. The van der Waals surface area contributed by atoms with Gasteiger partial charge in [-0.05, 0) is 48.6 Å². The molecule has 2 aromatic rings. The highest BCUT2D eigenvalue weighted by atomic mass is 16.5. The van der Waals surface area contributed by atoms with Gasteiger partial charge < -0.3 is 20.9 Å². The minimum atomic E-state index is -0.681. The Morgan fingerprint density at radius 1 is 1.19 bits per heavy atom. The number of amides is 2. The molecular weight excluding hydrogens is 468 g/mol. The number of carbonyl (C=O) groups excluding carboxylic acids is 2. The van der Waals surface area contributed by atoms with E-state index in [0.717, 1.165) is 36.0 Å². The fraction of sp³-hybridized carbons (Fsp3) is 0.483. The minimum absolute atomic E-state index is 0.0514. The number of nitrogens with zero attached hydrogens (tertiary/aromatic N) is 2. The van der Waals surface area contributed by atoms with Crippen LogP contribution in [0.2, 0.25) is 0 Å². The maximum Gasteiger partial charge on any atom is 0.251 e. The van der Waals surface area contributed by atoms with Crippen LogP contribution in [0.25, 0.3) is 0 Å². The Morgan fingerprint density at radius 3 is 2.65 bits per heavy atom. The number of carbonyl (C=O) groups is 2. The smallest absolute Gasteiger partial charge is 0.251 e. The first-order valence-corrected chi connectivity index (χ1v) is 13.3. The normalized spacial score (nSPS) is 26.1. The van der Waals surface area contributed by atoms with Gasteiger partial charge in [0.25, 0.3) is 5.91 Å². The van der Waals surface area contributed by atoms with Gasteiger partial charge in [0.1, 0.15) is 11.9 Å². The Hall–Kier alpha value is -3.39. The molecule has 5 rings (SSSR count). The molecule has 3 aliphatic rings. The zero-order valence-electron chi connectivity index (χ0n) is 21.7. The second-order valence-electron chi connectivity index (χ2n) is 10.4. The van der Waals surface area contributed by atoms with E-state index in [9.17, 15) is 14.7 Å². The molecule has 0 saturated heterocycles. The summed E-state index contributed by atoms with van der Waals surface area (Å²) in [6.07, 6.45) is 2.89. The van der Waals surface area contributed by atoms with Crippen molar-refractivity contribution in [2.24, 2.45) is 10.7 Å². The van der Waals surface area contributed by atoms with Gasteiger partial charge in [0.05, 0.1) is 30.1 Å². The molecule has 0 bridgehead atoms. The lowest BCUT2D eigenvalue weighted by Crippen LogP contribution is -2.53. The molecule has 1 aliphatic carbocycles. The van der Waals surface area contributed by atoms with E-state index in [1.807, 2.05) is 45.0 Å². The maximum atomic E-state index is 13.5. The minimum Gasteiger partial charge on any atom is -0.490 e. The topological polar surface area (TPSA) is 117 Å². The molecule has 196 valence electrons. The molecule has 0 radical (unpaired) electrons. The predicted octanol–water partition coefficient (Wildman–Crippen LogP) is 3.78. The van der Waals surface area contributed by atoms with E-state index in [-0.39, 0.29) is 29.9 Å².